The number of benzene rings is 1. The number of nitrogens with two attached hydrogens (primary N) is 1. The average molecular weight is 276 g/mol. The first kappa shape index (κ1) is 15.5. The molecule has 0 heterocycles. The van der Waals surface area contributed by atoms with Crippen molar-refractivity contribution in [3.63, 3.8) is 0 Å². The molecule has 19 heavy (non-hydrogen) atoms. The minimum absolute atomic E-state index is 0.00603. The second-order valence-electron chi connectivity index (χ2n) is 3.98. The second kappa shape index (κ2) is 7.10. The largest absolute Gasteiger partial charge is 0.414 e. The number of nitrogens with one attached hydrogen (secondary N) is 1. The molecule has 106 valence electrons. The van der Waals surface area contributed by atoms with Gasteiger partial charge in [0.05, 0.1) is 0 Å². The molecule has 0 aliphatic carbocycles. The lowest BCUT2D eigenvalue weighted by Gasteiger charge is -2.12. The number of carbonyl (C=O) groups is 1. The summed E-state index contributed by atoms with van der Waals surface area (Å²) in [6.07, 6.45) is -4.15. The van der Waals surface area contributed by atoms with E-state index in [1.807, 2.05) is 30.3 Å². The number of amides is 1. The Balaban J connectivity index is 2.23. The van der Waals surface area contributed by atoms with E-state index >= 15 is 0 Å². The molecule has 0 aliphatic heterocycles. The van der Waals surface area contributed by atoms with E-state index in [9.17, 15) is 18.0 Å². The SMILES string of the molecule is NC(CCC(=O)NOCC(F)(F)F)c1ccccc1. The summed E-state index contributed by atoms with van der Waals surface area (Å²) in [4.78, 5) is 15.2. The van der Waals surface area contributed by atoms with E-state index in [1.165, 1.54) is 0 Å². The molecule has 0 spiro atoms. The van der Waals surface area contributed by atoms with Gasteiger partial charge in [0.1, 0.15) is 0 Å². The van der Waals surface area contributed by atoms with Crippen molar-refractivity contribution in [1.82, 2.24) is 5.48 Å². The zero-order chi connectivity index (χ0) is 14.3. The lowest BCUT2D eigenvalue weighted by atomic mass is 10.0. The lowest BCUT2D eigenvalue weighted by molar-refractivity contribution is -0.191. The molecule has 0 saturated heterocycles. The summed E-state index contributed by atoms with van der Waals surface area (Å²) in [6, 6.07) is 8.79. The topological polar surface area (TPSA) is 64.4 Å². The molecule has 1 unspecified atom stereocenters. The van der Waals surface area contributed by atoms with Crippen LogP contribution in [0.2, 0.25) is 0 Å². The van der Waals surface area contributed by atoms with Crippen molar-refractivity contribution in [1.29, 1.82) is 0 Å². The van der Waals surface area contributed by atoms with Gasteiger partial charge in [-0.25, -0.2) is 5.48 Å². The average Bonchev–Trinajstić information content (AvgIpc) is 2.35. The molecule has 3 N–H and O–H groups in total. The molecule has 1 rings (SSSR count). The van der Waals surface area contributed by atoms with Gasteiger partial charge < -0.3 is 5.73 Å². The summed E-state index contributed by atoms with van der Waals surface area (Å²) in [5.41, 5.74) is 8.44. The molecule has 0 radical (unpaired) electrons. The van der Waals surface area contributed by atoms with Gasteiger partial charge in [-0.1, -0.05) is 30.3 Å². The molecule has 1 amide bonds. The molecule has 0 fully saturated rings. The van der Waals surface area contributed by atoms with Gasteiger partial charge in [-0.2, -0.15) is 13.2 Å². The van der Waals surface area contributed by atoms with Gasteiger partial charge >= 0.3 is 6.18 Å². The normalized spacial score (nSPS) is 13.1. The fourth-order valence-corrected chi connectivity index (χ4v) is 1.40. The number of hydroxylamine groups is 1. The first-order valence-electron chi connectivity index (χ1n) is 5.66. The van der Waals surface area contributed by atoms with Crippen molar-refractivity contribution < 1.29 is 22.8 Å². The quantitative estimate of drug-likeness (QED) is 0.782. The van der Waals surface area contributed by atoms with Crippen LogP contribution in [0.4, 0.5) is 13.2 Å². The minimum Gasteiger partial charge on any atom is -0.324 e. The van der Waals surface area contributed by atoms with Crippen molar-refractivity contribution >= 4 is 5.91 Å². The molecular formula is C12H15F3N2O2. The van der Waals surface area contributed by atoms with Crippen LogP contribution in [0.5, 0.6) is 0 Å². The standard InChI is InChI=1S/C12H15F3N2O2/c13-12(14,15)8-19-17-11(18)7-6-10(16)9-4-2-1-3-5-9/h1-5,10H,6-8,16H2,(H,17,18). The Hall–Kier alpha value is -1.60. The molecule has 0 saturated carbocycles. The Bertz CT molecular complexity index is 396. The van der Waals surface area contributed by atoms with E-state index in [-0.39, 0.29) is 12.5 Å². The highest BCUT2D eigenvalue weighted by Crippen LogP contribution is 2.15. The third kappa shape index (κ3) is 6.78. The Kier molecular flexibility index (Phi) is 5.78. The molecule has 4 nitrogen and oxygen atoms in total. The molecule has 0 aliphatic rings. The van der Waals surface area contributed by atoms with Crippen molar-refractivity contribution in [2.45, 2.75) is 25.1 Å². The number of hydrogen-bond acceptors (Lipinski definition) is 3. The Morgan fingerprint density at radius 2 is 1.95 bits per heavy atom. The van der Waals surface area contributed by atoms with Crippen LogP contribution in [-0.2, 0) is 9.63 Å². The van der Waals surface area contributed by atoms with Crippen LogP contribution in [0.25, 0.3) is 0 Å². The van der Waals surface area contributed by atoms with E-state index in [4.69, 9.17) is 5.73 Å². The van der Waals surface area contributed by atoms with Crippen molar-refractivity contribution in [3.05, 3.63) is 35.9 Å². The predicted octanol–water partition coefficient (Wildman–Crippen LogP) is 2.08. The molecule has 1 aromatic rings. The van der Waals surface area contributed by atoms with E-state index in [0.717, 1.165) is 5.56 Å². The van der Waals surface area contributed by atoms with Gasteiger partial charge in [0.25, 0.3) is 0 Å². The van der Waals surface area contributed by atoms with Crippen molar-refractivity contribution in [2.75, 3.05) is 6.61 Å². The maximum Gasteiger partial charge on any atom is 0.414 e. The highest BCUT2D eigenvalue weighted by atomic mass is 19.4. The summed E-state index contributed by atoms with van der Waals surface area (Å²) in [5, 5.41) is 0. The third-order valence-corrected chi connectivity index (χ3v) is 2.33. The summed E-state index contributed by atoms with van der Waals surface area (Å²) >= 11 is 0. The van der Waals surface area contributed by atoms with Crippen LogP contribution in [0, 0.1) is 0 Å². The molecule has 0 aromatic heterocycles. The number of halogens is 3. The minimum atomic E-state index is -4.46. The van der Waals surface area contributed by atoms with Crippen molar-refractivity contribution in [2.24, 2.45) is 5.73 Å². The van der Waals surface area contributed by atoms with Gasteiger partial charge in [-0.15, -0.1) is 0 Å². The zero-order valence-corrected chi connectivity index (χ0v) is 10.1. The predicted molar refractivity (Wildman–Crippen MR) is 62.8 cm³/mol. The highest BCUT2D eigenvalue weighted by Gasteiger charge is 2.28. The van der Waals surface area contributed by atoms with Crippen LogP contribution in [0.15, 0.2) is 30.3 Å². The number of carbonyl (C=O) groups excluding carboxylic acids is 1. The number of alkyl halides is 3. The molecular weight excluding hydrogens is 261 g/mol. The van der Waals surface area contributed by atoms with E-state index < -0.39 is 18.7 Å². The van der Waals surface area contributed by atoms with Gasteiger partial charge in [0, 0.05) is 12.5 Å². The molecule has 7 heteroatoms. The van der Waals surface area contributed by atoms with Crippen LogP contribution in [0.3, 0.4) is 0 Å². The molecule has 1 aromatic carbocycles. The van der Waals surface area contributed by atoms with Gasteiger partial charge in [0.2, 0.25) is 5.91 Å². The number of hydrogen-bond donors (Lipinski definition) is 2. The maximum atomic E-state index is 11.7. The van der Waals surface area contributed by atoms with Crippen LogP contribution >= 0.6 is 0 Å². The highest BCUT2D eigenvalue weighted by molar-refractivity contribution is 5.74. The summed E-state index contributed by atoms with van der Waals surface area (Å²) < 4.78 is 35.2. The monoisotopic (exact) mass is 276 g/mol. The fraction of sp³-hybridized carbons (Fsp3) is 0.417. The third-order valence-electron chi connectivity index (χ3n) is 2.33. The van der Waals surface area contributed by atoms with Crippen molar-refractivity contribution in [3.8, 4) is 0 Å². The van der Waals surface area contributed by atoms with E-state index in [2.05, 4.69) is 4.84 Å². The summed E-state index contributed by atoms with van der Waals surface area (Å²) in [7, 11) is 0. The van der Waals surface area contributed by atoms with Gasteiger partial charge in [-0.05, 0) is 12.0 Å². The van der Waals surface area contributed by atoms with Crippen LogP contribution < -0.4 is 11.2 Å². The summed E-state index contributed by atoms with van der Waals surface area (Å²) in [5.74, 6) is -0.629. The maximum absolute atomic E-state index is 11.7. The first-order chi connectivity index (χ1) is 8.88. The van der Waals surface area contributed by atoms with E-state index in [0.29, 0.717) is 6.42 Å². The molecule has 1 atom stereocenters. The number of rotatable bonds is 6. The zero-order valence-electron chi connectivity index (χ0n) is 10.1. The molecule has 0 bridgehead atoms. The Morgan fingerprint density at radius 3 is 2.53 bits per heavy atom. The van der Waals surface area contributed by atoms with Gasteiger partial charge in [-0.3, -0.25) is 9.63 Å². The summed E-state index contributed by atoms with van der Waals surface area (Å²) in [6.45, 7) is -1.51. The Labute approximate surface area is 108 Å². The van der Waals surface area contributed by atoms with Gasteiger partial charge in [0.15, 0.2) is 6.61 Å². The first-order valence-corrected chi connectivity index (χ1v) is 5.66. The lowest BCUT2D eigenvalue weighted by Crippen LogP contribution is -2.30. The van der Waals surface area contributed by atoms with Crippen LogP contribution in [-0.4, -0.2) is 18.7 Å². The fourth-order valence-electron chi connectivity index (χ4n) is 1.40. The second-order valence-corrected chi connectivity index (χ2v) is 3.98. The van der Waals surface area contributed by atoms with E-state index in [1.54, 1.807) is 5.48 Å². The van der Waals surface area contributed by atoms with Crippen LogP contribution in [0.1, 0.15) is 24.4 Å². The smallest absolute Gasteiger partial charge is 0.324 e. The Morgan fingerprint density at radius 1 is 1.32 bits per heavy atom.